The Morgan fingerprint density at radius 3 is 1.37 bits per heavy atom. The van der Waals surface area contributed by atoms with E-state index >= 15 is 0 Å². The molecule has 8 aromatic carbocycles. The van der Waals surface area contributed by atoms with Crippen molar-refractivity contribution in [2.75, 3.05) is 0 Å². The van der Waals surface area contributed by atoms with Crippen molar-refractivity contribution in [3.8, 4) is 50.8 Å². The van der Waals surface area contributed by atoms with Gasteiger partial charge in [-0.2, -0.15) is 5.26 Å². The van der Waals surface area contributed by atoms with Crippen molar-refractivity contribution in [2.45, 2.75) is 0 Å². The van der Waals surface area contributed by atoms with Gasteiger partial charge < -0.3 is 9.13 Å². The third kappa shape index (κ3) is 4.59. The molecular formula is C49H31N3. The van der Waals surface area contributed by atoms with E-state index < -0.39 is 0 Å². The summed E-state index contributed by atoms with van der Waals surface area (Å²) >= 11 is 0. The van der Waals surface area contributed by atoms with Gasteiger partial charge in [-0.05, 0) is 76.9 Å². The number of nitrogens with zero attached hydrogens (tertiary/aromatic N) is 3. The molecule has 0 atom stereocenters. The van der Waals surface area contributed by atoms with E-state index in [1.807, 2.05) is 24.3 Å². The normalized spacial score (nSPS) is 11.4. The fourth-order valence-electron chi connectivity index (χ4n) is 8.11. The van der Waals surface area contributed by atoms with Crippen LogP contribution in [0.25, 0.3) is 88.4 Å². The molecule has 10 aromatic rings. The van der Waals surface area contributed by atoms with Crippen LogP contribution in [0.4, 0.5) is 0 Å². The molecule has 0 bridgehead atoms. The molecule has 0 unspecified atom stereocenters. The molecule has 10 rings (SSSR count). The molecule has 0 fully saturated rings. The van der Waals surface area contributed by atoms with Crippen LogP contribution in [0.15, 0.2) is 188 Å². The third-order valence-electron chi connectivity index (χ3n) is 10.4. The second-order valence-electron chi connectivity index (χ2n) is 13.2. The summed E-state index contributed by atoms with van der Waals surface area (Å²) in [6, 6.07) is 69.3. The molecule has 0 saturated heterocycles. The van der Waals surface area contributed by atoms with E-state index in [-0.39, 0.29) is 0 Å². The fourth-order valence-corrected chi connectivity index (χ4v) is 8.11. The zero-order valence-corrected chi connectivity index (χ0v) is 28.2. The van der Waals surface area contributed by atoms with Crippen molar-refractivity contribution in [3.05, 3.63) is 194 Å². The van der Waals surface area contributed by atoms with Crippen LogP contribution in [-0.4, -0.2) is 9.13 Å². The molecule has 0 N–H and O–H groups in total. The van der Waals surface area contributed by atoms with Gasteiger partial charge in [0.1, 0.15) is 0 Å². The molecule has 3 nitrogen and oxygen atoms in total. The van der Waals surface area contributed by atoms with Gasteiger partial charge in [0.15, 0.2) is 0 Å². The number of nitriles is 1. The maximum absolute atomic E-state index is 9.46. The Morgan fingerprint density at radius 2 is 0.788 bits per heavy atom. The molecule has 52 heavy (non-hydrogen) atoms. The standard InChI is InChI=1S/C49H31N3/c50-32-33-27-29-34(30-28-33)35-13-11-14-36(31-35)49-42(20-12-26-48(49)52-45-23-8-3-17-39(45)40-18-4-9-24-46(40)52)41-19-5-10-25-47(41)51-43-21-6-1-15-37(43)38-16-2-7-22-44(38)51/h1-31H. The molecular weight excluding hydrogens is 631 g/mol. The molecule has 0 aliphatic rings. The molecule has 2 aromatic heterocycles. The minimum atomic E-state index is 0.653. The molecule has 2 heterocycles. The number of rotatable bonds is 5. The highest BCUT2D eigenvalue weighted by Crippen LogP contribution is 2.44. The molecule has 3 heteroatoms. The van der Waals surface area contributed by atoms with Crippen LogP contribution in [0.2, 0.25) is 0 Å². The highest BCUT2D eigenvalue weighted by molar-refractivity contribution is 6.11. The van der Waals surface area contributed by atoms with Gasteiger partial charge in [-0.1, -0.05) is 133 Å². The van der Waals surface area contributed by atoms with Crippen LogP contribution in [0.1, 0.15) is 5.56 Å². The van der Waals surface area contributed by atoms with E-state index in [0.29, 0.717) is 5.56 Å². The first-order valence-corrected chi connectivity index (χ1v) is 17.6. The molecule has 0 spiro atoms. The molecule has 0 radical (unpaired) electrons. The largest absolute Gasteiger partial charge is 0.309 e. The van der Waals surface area contributed by atoms with Gasteiger partial charge in [0, 0.05) is 32.7 Å². The Kier molecular flexibility index (Phi) is 6.87. The van der Waals surface area contributed by atoms with Crippen LogP contribution >= 0.6 is 0 Å². The Bertz CT molecular complexity index is 2920. The second kappa shape index (κ2) is 12.0. The summed E-state index contributed by atoms with van der Waals surface area (Å²) in [7, 11) is 0. The summed E-state index contributed by atoms with van der Waals surface area (Å²) in [5.74, 6) is 0. The molecule has 0 saturated carbocycles. The lowest BCUT2D eigenvalue weighted by molar-refractivity contribution is 1.17. The average molecular weight is 662 g/mol. The number of hydrogen-bond acceptors (Lipinski definition) is 1. The molecule has 0 amide bonds. The van der Waals surface area contributed by atoms with Crippen molar-refractivity contribution in [1.29, 1.82) is 5.26 Å². The van der Waals surface area contributed by atoms with E-state index in [9.17, 15) is 5.26 Å². The smallest absolute Gasteiger partial charge is 0.0991 e. The van der Waals surface area contributed by atoms with Gasteiger partial charge in [0.25, 0.3) is 0 Å². The van der Waals surface area contributed by atoms with Crippen LogP contribution in [0.3, 0.4) is 0 Å². The van der Waals surface area contributed by atoms with Gasteiger partial charge in [-0.25, -0.2) is 0 Å². The summed E-state index contributed by atoms with van der Waals surface area (Å²) in [4.78, 5) is 0. The molecule has 0 aliphatic carbocycles. The van der Waals surface area contributed by atoms with E-state index in [1.54, 1.807) is 0 Å². The number of para-hydroxylation sites is 5. The van der Waals surface area contributed by atoms with Crippen molar-refractivity contribution in [2.24, 2.45) is 0 Å². The van der Waals surface area contributed by atoms with E-state index in [4.69, 9.17) is 0 Å². The quantitative estimate of drug-likeness (QED) is 0.181. The number of fused-ring (bicyclic) bond motifs is 6. The van der Waals surface area contributed by atoms with Crippen molar-refractivity contribution >= 4 is 43.6 Å². The second-order valence-corrected chi connectivity index (χ2v) is 13.2. The molecule has 242 valence electrons. The lowest BCUT2D eigenvalue weighted by Gasteiger charge is -2.21. The Morgan fingerprint density at radius 1 is 0.346 bits per heavy atom. The summed E-state index contributed by atoms with van der Waals surface area (Å²) in [5, 5.41) is 14.4. The molecule has 0 aliphatic heterocycles. The minimum Gasteiger partial charge on any atom is -0.309 e. The predicted molar refractivity (Wildman–Crippen MR) is 216 cm³/mol. The van der Waals surface area contributed by atoms with Crippen LogP contribution in [0, 0.1) is 11.3 Å². The van der Waals surface area contributed by atoms with E-state index in [2.05, 4.69) is 179 Å². The Balaban J connectivity index is 1.30. The zero-order valence-electron chi connectivity index (χ0n) is 28.2. The van der Waals surface area contributed by atoms with Gasteiger partial charge >= 0.3 is 0 Å². The van der Waals surface area contributed by atoms with Crippen molar-refractivity contribution in [1.82, 2.24) is 9.13 Å². The topological polar surface area (TPSA) is 33.6 Å². The first-order chi connectivity index (χ1) is 25.8. The highest BCUT2D eigenvalue weighted by atomic mass is 15.0. The first-order valence-electron chi connectivity index (χ1n) is 17.6. The number of hydrogen-bond donors (Lipinski definition) is 0. The van der Waals surface area contributed by atoms with Gasteiger partial charge in [0.2, 0.25) is 0 Å². The van der Waals surface area contributed by atoms with Crippen LogP contribution in [-0.2, 0) is 0 Å². The van der Waals surface area contributed by atoms with Crippen LogP contribution < -0.4 is 0 Å². The Hall–Kier alpha value is -7.15. The number of benzene rings is 8. The lowest BCUT2D eigenvalue weighted by Crippen LogP contribution is -2.02. The monoisotopic (exact) mass is 661 g/mol. The summed E-state index contributed by atoms with van der Waals surface area (Å²) in [6.45, 7) is 0. The van der Waals surface area contributed by atoms with Gasteiger partial charge in [-0.3, -0.25) is 0 Å². The fraction of sp³-hybridized carbons (Fsp3) is 0. The number of aromatic nitrogens is 2. The zero-order chi connectivity index (χ0) is 34.6. The lowest BCUT2D eigenvalue weighted by atomic mass is 9.90. The van der Waals surface area contributed by atoms with Crippen LogP contribution in [0.5, 0.6) is 0 Å². The van der Waals surface area contributed by atoms with Crippen molar-refractivity contribution in [3.63, 3.8) is 0 Å². The average Bonchev–Trinajstić information content (AvgIpc) is 3.74. The van der Waals surface area contributed by atoms with Gasteiger partial charge in [-0.15, -0.1) is 0 Å². The minimum absolute atomic E-state index is 0.653. The highest BCUT2D eigenvalue weighted by Gasteiger charge is 2.22. The maximum atomic E-state index is 9.46. The maximum Gasteiger partial charge on any atom is 0.0991 e. The Labute approximate surface area is 301 Å². The third-order valence-corrected chi connectivity index (χ3v) is 10.4. The van der Waals surface area contributed by atoms with Crippen molar-refractivity contribution < 1.29 is 0 Å². The summed E-state index contributed by atoms with van der Waals surface area (Å²) in [5.41, 5.74) is 14.3. The summed E-state index contributed by atoms with van der Waals surface area (Å²) in [6.07, 6.45) is 0. The predicted octanol–water partition coefficient (Wildman–Crippen LogP) is 12.8. The first kappa shape index (κ1) is 29.7. The SMILES string of the molecule is N#Cc1ccc(-c2cccc(-c3c(-c4ccccc4-n4c5ccccc5c5ccccc54)cccc3-n3c4ccccc4c4ccccc43)c2)cc1. The van der Waals surface area contributed by atoms with E-state index in [1.165, 1.54) is 43.6 Å². The van der Waals surface area contributed by atoms with Gasteiger partial charge in [0.05, 0.1) is 45.1 Å². The van der Waals surface area contributed by atoms with E-state index in [0.717, 1.165) is 44.8 Å². The summed E-state index contributed by atoms with van der Waals surface area (Å²) < 4.78 is 4.85.